The van der Waals surface area contributed by atoms with Crippen LogP contribution in [0.15, 0.2) is 65.6 Å². The molecule has 0 saturated heterocycles. The molecule has 0 atom stereocenters. The molecule has 0 aliphatic carbocycles. The van der Waals surface area contributed by atoms with Crippen molar-refractivity contribution < 1.29 is 27.5 Å². The SMILES string of the molecule is O=C(Nc1ccc(C(=O)O)c(Cl)c1)c1ccc2c(c1)N(S(=O)(=O)c1cccc(F)c1)CCC2. The summed E-state index contributed by atoms with van der Waals surface area (Å²) in [7, 11) is -4.03. The number of nitrogens with zero attached hydrogens (tertiary/aromatic N) is 1. The summed E-state index contributed by atoms with van der Waals surface area (Å²) in [6.45, 7) is 0.198. The first kappa shape index (κ1) is 22.8. The first-order chi connectivity index (χ1) is 15.7. The Bertz CT molecular complexity index is 1380. The van der Waals surface area contributed by atoms with Crippen LogP contribution in [0.2, 0.25) is 5.02 Å². The van der Waals surface area contributed by atoms with Gasteiger partial charge in [-0.25, -0.2) is 17.6 Å². The molecule has 7 nitrogen and oxygen atoms in total. The first-order valence-corrected chi connectivity index (χ1v) is 11.7. The Balaban J connectivity index is 1.65. The van der Waals surface area contributed by atoms with Crippen LogP contribution in [-0.2, 0) is 16.4 Å². The lowest BCUT2D eigenvalue weighted by Crippen LogP contribution is -2.35. The predicted molar refractivity (Wildman–Crippen MR) is 122 cm³/mol. The average Bonchev–Trinajstić information content (AvgIpc) is 2.78. The van der Waals surface area contributed by atoms with E-state index in [-0.39, 0.29) is 33.3 Å². The fourth-order valence-corrected chi connectivity index (χ4v) is 5.48. The number of halogens is 2. The number of aryl methyl sites for hydroxylation is 1. The monoisotopic (exact) mass is 488 g/mol. The van der Waals surface area contributed by atoms with Crippen molar-refractivity contribution in [2.75, 3.05) is 16.2 Å². The quantitative estimate of drug-likeness (QED) is 0.547. The molecule has 0 saturated carbocycles. The Labute approximate surface area is 194 Å². The average molecular weight is 489 g/mol. The minimum atomic E-state index is -4.03. The number of carbonyl (C=O) groups is 2. The number of carbonyl (C=O) groups excluding carboxylic acids is 1. The van der Waals surface area contributed by atoms with Gasteiger partial charge in [0.2, 0.25) is 0 Å². The molecule has 1 aliphatic rings. The zero-order valence-corrected chi connectivity index (χ0v) is 18.7. The molecule has 3 aromatic rings. The van der Waals surface area contributed by atoms with Gasteiger partial charge in [-0.2, -0.15) is 0 Å². The van der Waals surface area contributed by atoms with Crippen LogP contribution in [-0.4, -0.2) is 31.9 Å². The van der Waals surface area contributed by atoms with Gasteiger partial charge in [0, 0.05) is 17.8 Å². The molecule has 0 bridgehead atoms. The molecule has 0 fully saturated rings. The van der Waals surface area contributed by atoms with Crippen molar-refractivity contribution in [3.05, 3.63) is 88.2 Å². The lowest BCUT2D eigenvalue weighted by molar-refractivity contribution is 0.0697. The number of sulfonamides is 1. The Morgan fingerprint density at radius 3 is 2.55 bits per heavy atom. The van der Waals surface area contributed by atoms with E-state index in [1.807, 2.05) is 0 Å². The highest BCUT2D eigenvalue weighted by Crippen LogP contribution is 2.33. The van der Waals surface area contributed by atoms with E-state index in [2.05, 4.69) is 5.32 Å². The topological polar surface area (TPSA) is 104 Å². The minimum Gasteiger partial charge on any atom is -0.478 e. The molecule has 33 heavy (non-hydrogen) atoms. The number of carboxylic acids is 1. The zero-order chi connectivity index (χ0) is 23.8. The Kier molecular flexibility index (Phi) is 6.09. The van der Waals surface area contributed by atoms with E-state index in [0.29, 0.717) is 18.5 Å². The van der Waals surface area contributed by atoms with Gasteiger partial charge in [0.15, 0.2) is 0 Å². The Morgan fingerprint density at radius 2 is 1.85 bits per heavy atom. The van der Waals surface area contributed by atoms with Crippen LogP contribution in [0.25, 0.3) is 0 Å². The summed E-state index contributed by atoms with van der Waals surface area (Å²) in [6.07, 6.45) is 1.22. The van der Waals surface area contributed by atoms with Crippen LogP contribution in [0.3, 0.4) is 0 Å². The van der Waals surface area contributed by atoms with Crippen molar-refractivity contribution in [3.63, 3.8) is 0 Å². The van der Waals surface area contributed by atoms with Crippen molar-refractivity contribution >= 4 is 44.9 Å². The third-order valence-electron chi connectivity index (χ3n) is 5.26. The molecule has 170 valence electrons. The second-order valence-corrected chi connectivity index (χ2v) is 9.71. The highest BCUT2D eigenvalue weighted by atomic mass is 35.5. The van der Waals surface area contributed by atoms with E-state index < -0.39 is 27.7 Å². The van der Waals surface area contributed by atoms with E-state index in [1.165, 1.54) is 46.8 Å². The summed E-state index contributed by atoms with van der Waals surface area (Å²) in [5, 5.41) is 11.7. The van der Waals surface area contributed by atoms with Gasteiger partial charge >= 0.3 is 5.97 Å². The number of benzene rings is 3. The Morgan fingerprint density at radius 1 is 1.06 bits per heavy atom. The number of hydrogen-bond acceptors (Lipinski definition) is 4. The summed E-state index contributed by atoms with van der Waals surface area (Å²) in [5.41, 5.74) is 1.51. The van der Waals surface area contributed by atoms with Crippen molar-refractivity contribution in [1.29, 1.82) is 0 Å². The van der Waals surface area contributed by atoms with Crippen LogP contribution in [0.5, 0.6) is 0 Å². The smallest absolute Gasteiger partial charge is 0.337 e. The fraction of sp³-hybridized carbons (Fsp3) is 0.130. The number of rotatable bonds is 5. The number of aromatic carboxylic acids is 1. The summed E-state index contributed by atoms with van der Waals surface area (Å²) < 4.78 is 41.2. The van der Waals surface area contributed by atoms with Crippen LogP contribution >= 0.6 is 11.6 Å². The maximum absolute atomic E-state index is 13.7. The first-order valence-electron chi connectivity index (χ1n) is 9.92. The van der Waals surface area contributed by atoms with E-state index in [9.17, 15) is 22.4 Å². The van der Waals surface area contributed by atoms with Gasteiger partial charge in [-0.3, -0.25) is 9.10 Å². The number of carboxylic acid groups (broad SMARTS) is 1. The second kappa shape index (κ2) is 8.84. The fourth-order valence-electron chi connectivity index (χ4n) is 3.66. The minimum absolute atomic E-state index is 0.0295. The summed E-state index contributed by atoms with van der Waals surface area (Å²) >= 11 is 5.96. The molecule has 3 aromatic carbocycles. The predicted octanol–water partition coefficient (Wildman–Crippen LogP) is 4.57. The van der Waals surface area contributed by atoms with Gasteiger partial charge in [-0.15, -0.1) is 0 Å². The maximum Gasteiger partial charge on any atom is 0.337 e. The van der Waals surface area contributed by atoms with Crippen molar-refractivity contribution in [1.82, 2.24) is 0 Å². The second-order valence-electron chi connectivity index (χ2n) is 7.44. The van der Waals surface area contributed by atoms with Gasteiger partial charge < -0.3 is 10.4 Å². The molecule has 1 amide bonds. The summed E-state index contributed by atoms with van der Waals surface area (Å²) in [6, 6.07) is 13.6. The third kappa shape index (κ3) is 4.55. The van der Waals surface area contributed by atoms with Crippen LogP contribution in [0, 0.1) is 5.82 Å². The van der Waals surface area contributed by atoms with Crippen molar-refractivity contribution in [2.24, 2.45) is 0 Å². The molecule has 10 heteroatoms. The third-order valence-corrected chi connectivity index (χ3v) is 7.39. The number of nitrogens with one attached hydrogen (secondary N) is 1. The lowest BCUT2D eigenvalue weighted by atomic mass is 10.0. The molecule has 1 aliphatic heterocycles. The molecule has 2 N–H and O–H groups in total. The highest BCUT2D eigenvalue weighted by molar-refractivity contribution is 7.92. The molecule has 0 unspecified atom stereocenters. The molecule has 0 aromatic heterocycles. The van der Waals surface area contributed by atoms with E-state index in [0.717, 1.165) is 11.6 Å². The molecule has 1 heterocycles. The number of amides is 1. The zero-order valence-electron chi connectivity index (χ0n) is 17.1. The maximum atomic E-state index is 13.7. The molecular formula is C23H18ClFN2O5S. The summed E-state index contributed by atoms with van der Waals surface area (Å²) in [5.74, 6) is -2.37. The van der Waals surface area contributed by atoms with E-state index in [1.54, 1.807) is 12.1 Å². The molecule has 0 radical (unpaired) electrons. The normalized spacial score (nSPS) is 13.3. The summed E-state index contributed by atoms with van der Waals surface area (Å²) in [4.78, 5) is 23.7. The molecule has 0 spiro atoms. The van der Waals surface area contributed by atoms with Crippen LogP contribution < -0.4 is 9.62 Å². The van der Waals surface area contributed by atoms with Crippen molar-refractivity contribution in [2.45, 2.75) is 17.7 Å². The largest absolute Gasteiger partial charge is 0.478 e. The lowest BCUT2D eigenvalue weighted by Gasteiger charge is -2.31. The van der Waals surface area contributed by atoms with Crippen molar-refractivity contribution in [3.8, 4) is 0 Å². The van der Waals surface area contributed by atoms with E-state index in [4.69, 9.17) is 16.7 Å². The molecule has 4 rings (SSSR count). The van der Waals surface area contributed by atoms with Gasteiger partial charge in [-0.1, -0.05) is 23.7 Å². The number of anilines is 2. The Hall–Kier alpha value is -3.43. The van der Waals surface area contributed by atoms with Crippen LogP contribution in [0.1, 0.15) is 32.7 Å². The number of fused-ring (bicyclic) bond motifs is 1. The van der Waals surface area contributed by atoms with Crippen LogP contribution in [0.4, 0.5) is 15.8 Å². The van der Waals surface area contributed by atoms with Gasteiger partial charge in [0.1, 0.15) is 5.82 Å². The highest BCUT2D eigenvalue weighted by Gasteiger charge is 2.30. The van der Waals surface area contributed by atoms with Gasteiger partial charge in [0.05, 0.1) is 21.2 Å². The standard InChI is InChI=1S/C23H18ClFN2O5S/c24-20-13-17(8-9-19(20)23(29)30)26-22(28)15-7-6-14-3-2-10-27(21(14)11-15)33(31,32)18-5-1-4-16(25)12-18/h1,4-9,11-13H,2-3,10H2,(H,26,28)(H,29,30). The van der Waals surface area contributed by atoms with Gasteiger partial charge in [-0.05, 0) is 66.9 Å². The van der Waals surface area contributed by atoms with E-state index >= 15 is 0 Å². The van der Waals surface area contributed by atoms with Gasteiger partial charge in [0.25, 0.3) is 15.9 Å². The molecular weight excluding hydrogens is 471 g/mol. The number of hydrogen-bond donors (Lipinski definition) is 2.